The molecule has 2 heterocycles. The Morgan fingerprint density at radius 3 is 1.05 bits per heavy atom. The normalized spacial score (nSPS) is 13.4. The second-order valence-electron chi connectivity index (χ2n) is 10.9. The fraction of sp³-hybridized carbons (Fsp3) is 0.128. The zero-order valence-corrected chi connectivity index (χ0v) is 28.0. The van der Waals surface area contributed by atoms with Gasteiger partial charge in [0.1, 0.15) is 0 Å². The third-order valence-electron chi connectivity index (χ3n) is 8.18. The van der Waals surface area contributed by atoms with E-state index in [4.69, 9.17) is 0 Å². The minimum atomic E-state index is -0.586. The van der Waals surface area contributed by atoms with Gasteiger partial charge in [-0.25, -0.2) is 0 Å². The zero-order chi connectivity index (χ0) is 29.2. The molecule has 0 aliphatic heterocycles. The quantitative estimate of drug-likeness (QED) is 0.148. The van der Waals surface area contributed by atoms with Crippen molar-refractivity contribution in [2.75, 3.05) is 0 Å². The van der Waals surface area contributed by atoms with E-state index in [1.807, 2.05) is 22.7 Å². The lowest BCUT2D eigenvalue weighted by Crippen LogP contribution is -2.18. The summed E-state index contributed by atoms with van der Waals surface area (Å²) >= 11 is 4.01. The topological polar surface area (TPSA) is 0 Å². The van der Waals surface area contributed by atoms with Crippen molar-refractivity contribution < 1.29 is 0 Å². The fourth-order valence-electron chi connectivity index (χ4n) is 6.21. The molecule has 43 heavy (non-hydrogen) atoms. The van der Waals surface area contributed by atoms with Crippen LogP contribution in [0.4, 0.5) is 0 Å². The number of thiophene rings is 2. The summed E-state index contributed by atoms with van der Waals surface area (Å²) in [7, 11) is -1.17. The number of rotatable bonds is 8. The lowest BCUT2D eigenvalue weighted by molar-refractivity contribution is 0.941. The molecular weight excluding hydrogens is 595 g/mol. The molecule has 0 radical (unpaired) electrons. The van der Waals surface area contributed by atoms with Gasteiger partial charge in [0, 0.05) is 19.0 Å². The van der Waals surface area contributed by atoms with E-state index >= 15 is 0 Å². The highest BCUT2D eigenvalue weighted by Gasteiger charge is 2.27. The maximum atomic E-state index is 2.55. The molecule has 0 atom stereocenters. The van der Waals surface area contributed by atoms with E-state index in [0.717, 1.165) is 12.8 Å². The van der Waals surface area contributed by atoms with Crippen LogP contribution in [0.1, 0.15) is 40.1 Å². The number of hydrogen-bond donors (Lipinski definition) is 0. The Labute approximate surface area is 266 Å². The van der Waals surface area contributed by atoms with Gasteiger partial charge in [0.15, 0.2) is 0 Å². The van der Waals surface area contributed by atoms with E-state index in [9.17, 15) is 0 Å². The summed E-state index contributed by atoms with van der Waals surface area (Å²) in [6.07, 6.45) is 3.56. The summed E-state index contributed by atoms with van der Waals surface area (Å²) in [5.41, 5.74) is 6.11. The summed E-state index contributed by atoms with van der Waals surface area (Å²) in [5.74, 6) is 0. The Kier molecular flexibility index (Phi) is 8.56. The summed E-state index contributed by atoms with van der Waals surface area (Å²) in [4.78, 5) is 2.90. The monoisotopic (exact) mass is 628 g/mol. The van der Waals surface area contributed by atoms with Gasteiger partial charge in [-0.1, -0.05) is 121 Å². The molecule has 7 rings (SSSR count). The van der Waals surface area contributed by atoms with E-state index < -0.39 is 15.8 Å². The molecule has 1 aliphatic rings. The molecule has 0 saturated heterocycles. The Balaban J connectivity index is 1.31. The predicted octanol–water partition coefficient (Wildman–Crippen LogP) is 9.04. The van der Waals surface area contributed by atoms with E-state index in [2.05, 4.69) is 147 Å². The zero-order valence-electron chi connectivity index (χ0n) is 24.5. The number of benzene rings is 4. The van der Waals surface area contributed by atoms with E-state index in [0.29, 0.717) is 0 Å². The first kappa shape index (κ1) is 28.6. The molecule has 0 spiro atoms. The van der Waals surface area contributed by atoms with Crippen LogP contribution in [0.3, 0.4) is 0 Å². The number of aryl methyl sites for hydroxylation is 2. The lowest BCUT2D eigenvalue weighted by Gasteiger charge is -2.17. The molecule has 0 N–H and O–H groups in total. The van der Waals surface area contributed by atoms with Crippen molar-refractivity contribution in [2.45, 2.75) is 33.1 Å². The van der Waals surface area contributed by atoms with Crippen molar-refractivity contribution in [3.05, 3.63) is 154 Å². The van der Waals surface area contributed by atoms with E-state index in [1.165, 1.54) is 57.8 Å². The van der Waals surface area contributed by atoms with Gasteiger partial charge in [-0.2, -0.15) is 0 Å². The van der Waals surface area contributed by atoms with Gasteiger partial charge in [0.05, 0.1) is 0 Å². The highest BCUT2D eigenvalue weighted by molar-refractivity contribution is 7.84. The van der Waals surface area contributed by atoms with Gasteiger partial charge in [-0.3, -0.25) is 0 Å². The molecule has 6 aromatic rings. The van der Waals surface area contributed by atoms with Crippen molar-refractivity contribution >= 4 is 80.1 Å². The van der Waals surface area contributed by atoms with Crippen molar-refractivity contribution in [3.63, 3.8) is 0 Å². The highest BCUT2D eigenvalue weighted by Crippen LogP contribution is 2.47. The highest BCUT2D eigenvalue weighted by atomic mass is 32.1. The van der Waals surface area contributed by atoms with Gasteiger partial charge in [0.25, 0.3) is 0 Å². The fourth-order valence-corrected chi connectivity index (χ4v) is 14.6. The van der Waals surface area contributed by atoms with E-state index in [1.54, 1.807) is 11.1 Å². The summed E-state index contributed by atoms with van der Waals surface area (Å²) in [6.45, 7) is 4.68. The van der Waals surface area contributed by atoms with Crippen LogP contribution in [0.2, 0.25) is 0 Å². The molecule has 0 nitrogen and oxygen atoms in total. The van der Waals surface area contributed by atoms with Crippen LogP contribution in [0.25, 0.3) is 11.1 Å². The largest absolute Gasteiger partial charge is 0.139 e. The Bertz CT molecular complexity index is 1640. The average Bonchev–Trinajstić information content (AvgIpc) is 3.78. The molecule has 0 bridgehead atoms. The molecule has 2 aromatic heterocycles. The summed E-state index contributed by atoms with van der Waals surface area (Å²) < 4.78 is 3.00. The third-order valence-corrected chi connectivity index (χ3v) is 15.9. The van der Waals surface area contributed by atoms with Crippen LogP contribution in [-0.2, 0) is 0 Å². The van der Waals surface area contributed by atoms with Crippen LogP contribution >= 0.6 is 38.5 Å². The van der Waals surface area contributed by atoms with Crippen molar-refractivity contribution in [1.82, 2.24) is 0 Å². The van der Waals surface area contributed by atoms with Gasteiger partial charge in [0.2, 0.25) is 0 Å². The molecule has 0 fully saturated rings. The Morgan fingerprint density at radius 1 is 0.442 bits per heavy atom. The van der Waals surface area contributed by atoms with Gasteiger partial charge in [-0.05, 0) is 105 Å². The molecule has 212 valence electrons. The Hall–Kier alpha value is -3.12. The van der Waals surface area contributed by atoms with Gasteiger partial charge in [-0.15, -0.1) is 22.7 Å². The second-order valence-corrected chi connectivity index (χ2v) is 18.4. The first-order chi connectivity index (χ1) is 21.2. The van der Waals surface area contributed by atoms with Crippen molar-refractivity contribution in [3.8, 4) is 0 Å². The molecular formula is C39H34P2S2. The van der Waals surface area contributed by atoms with Crippen molar-refractivity contribution in [1.29, 1.82) is 0 Å². The third kappa shape index (κ3) is 5.87. The predicted molar refractivity (Wildman–Crippen MR) is 196 cm³/mol. The maximum Gasteiger partial charge on any atom is 0.0377 e. The first-order valence-corrected chi connectivity index (χ1v) is 19.2. The van der Waals surface area contributed by atoms with Crippen LogP contribution in [0.15, 0.2) is 133 Å². The molecule has 0 unspecified atom stereocenters. The average molecular weight is 629 g/mol. The second kappa shape index (κ2) is 12.9. The molecule has 1 aliphatic carbocycles. The minimum absolute atomic E-state index is 0.586. The summed E-state index contributed by atoms with van der Waals surface area (Å²) in [6, 6.07) is 49.5. The maximum absolute atomic E-state index is 2.55. The van der Waals surface area contributed by atoms with Gasteiger partial charge >= 0.3 is 0 Å². The van der Waals surface area contributed by atoms with Crippen LogP contribution < -0.4 is 30.5 Å². The SMILES string of the molecule is Cc1sc(P(c2ccccc2)c2ccccc2)cc1C1=C(c2cc(P(c3ccccc3)c3ccccc3)sc2C)CCC1. The molecule has 0 amide bonds. The van der Waals surface area contributed by atoms with Crippen LogP contribution in [0, 0.1) is 13.8 Å². The molecule has 4 heteroatoms. The lowest BCUT2D eigenvalue weighted by atomic mass is 9.98. The van der Waals surface area contributed by atoms with Gasteiger partial charge < -0.3 is 0 Å². The van der Waals surface area contributed by atoms with Crippen LogP contribution in [-0.4, -0.2) is 0 Å². The Morgan fingerprint density at radius 2 is 0.744 bits per heavy atom. The van der Waals surface area contributed by atoms with E-state index in [-0.39, 0.29) is 0 Å². The number of hydrogen-bond acceptors (Lipinski definition) is 2. The minimum Gasteiger partial charge on any atom is -0.139 e. The number of allylic oxidation sites excluding steroid dienone is 2. The van der Waals surface area contributed by atoms with Crippen molar-refractivity contribution in [2.24, 2.45) is 0 Å². The summed E-state index contributed by atoms with van der Waals surface area (Å²) in [5, 5.41) is 5.69. The van der Waals surface area contributed by atoms with Crippen LogP contribution in [0.5, 0.6) is 0 Å². The standard InChI is InChI=1S/C39H34P2S2/c1-28-36(26-38(42-28)40(30-16-7-3-8-17-30)31-18-9-4-10-19-31)34-24-15-25-35(34)37-27-39(43-29(37)2)41(32-20-11-5-12-21-32)33-22-13-6-14-23-33/h3-14,16-23,26-27H,15,24-25H2,1-2H3. The molecule has 4 aromatic carbocycles. The first-order valence-electron chi connectivity index (χ1n) is 14.9. The molecule has 0 saturated carbocycles. The smallest absolute Gasteiger partial charge is 0.0377 e.